The van der Waals surface area contributed by atoms with E-state index in [-0.39, 0.29) is 36.1 Å². The number of unbranched alkanes of at least 4 members (excludes halogenated alkanes) is 29. The van der Waals surface area contributed by atoms with E-state index < -0.39 is 0 Å². The first-order valence-corrected chi connectivity index (χ1v) is 27.1. The van der Waals surface area contributed by atoms with Gasteiger partial charge in [-0.2, -0.15) is 0 Å². The molecule has 0 fully saturated rings. The molecule has 62 heavy (non-hydrogen) atoms. The summed E-state index contributed by atoms with van der Waals surface area (Å²) in [6.07, 6.45) is 45.8. The number of carbonyl (C=O) groups excluding carboxylic acids is 4. The second-order valence-corrected chi connectivity index (χ2v) is 18.3. The third kappa shape index (κ3) is 44.5. The topological polar surface area (TPSA) is 105 Å². The van der Waals surface area contributed by atoms with E-state index in [4.69, 9.17) is 18.9 Å². The molecule has 0 aliphatic carbocycles. The lowest BCUT2D eigenvalue weighted by atomic mass is 10.0. The summed E-state index contributed by atoms with van der Waals surface area (Å²) in [5.74, 6) is -0.260. The van der Waals surface area contributed by atoms with Crippen molar-refractivity contribution in [2.75, 3.05) is 13.2 Å². The lowest BCUT2D eigenvalue weighted by Crippen LogP contribution is -2.17. The van der Waals surface area contributed by atoms with Gasteiger partial charge < -0.3 is 18.9 Å². The molecule has 0 rings (SSSR count). The summed E-state index contributed by atoms with van der Waals surface area (Å²) in [7, 11) is 0. The van der Waals surface area contributed by atoms with Crippen molar-refractivity contribution in [3.63, 3.8) is 0 Å². The van der Waals surface area contributed by atoms with E-state index in [0.29, 0.717) is 38.9 Å². The molecule has 0 aromatic heterocycles. The Morgan fingerprint density at radius 2 is 0.532 bits per heavy atom. The first-order chi connectivity index (χ1) is 30.4. The van der Waals surface area contributed by atoms with E-state index in [2.05, 4.69) is 13.8 Å². The zero-order valence-corrected chi connectivity index (χ0v) is 41.5. The molecule has 0 saturated carbocycles. The van der Waals surface area contributed by atoms with Gasteiger partial charge in [-0.3, -0.25) is 19.2 Å². The summed E-state index contributed by atoms with van der Waals surface area (Å²) in [5, 5.41) is 0. The highest BCUT2D eigenvalue weighted by atomic mass is 16.5. The van der Waals surface area contributed by atoms with Gasteiger partial charge in [0.2, 0.25) is 0 Å². The van der Waals surface area contributed by atoms with Crippen LogP contribution in [0.2, 0.25) is 0 Å². The number of hydrogen-bond donors (Lipinski definition) is 0. The molecular formula is C54H102O8. The van der Waals surface area contributed by atoms with Crippen molar-refractivity contribution in [1.82, 2.24) is 0 Å². The van der Waals surface area contributed by atoms with Crippen LogP contribution in [0, 0.1) is 0 Å². The molecular weight excluding hydrogens is 777 g/mol. The molecule has 0 amide bonds. The van der Waals surface area contributed by atoms with Gasteiger partial charge in [-0.1, -0.05) is 195 Å². The Labute approximate surface area is 383 Å². The van der Waals surface area contributed by atoms with Crippen molar-refractivity contribution in [3.05, 3.63) is 0 Å². The molecule has 0 aromatic carbocycles. The molecule has 0 aromatic rings. The van der Waals surface area contributed by atoms with Crippen LogP contribution >= 0.6 is 0 Å². The van der Waals surface area contributed by atoms with Crippen LogP contribution in [-0.4, -0.2) is 49.3 Å². The second-order valence-electron chi connectivity index (χ2n) is 18.3. The van der Waals surface area contributed by atoms with Gasteiger partial charge >= 0.3 is 23.9 Å². The van der Waals surface area contributed by atoms with Gasteiger partial charge in [0, 0.05) is 25.7 Å². The maximum absolute atomic E-state index is 12.2. The predicted octanol–water partition coefficient (Wildman–Crippen LogP) is 16.4. The predicted molar refractivity (Wildman–Crippen MR) is 258 cm³/mol. The molecule has 8 nitrogen and oxygen atoms in total. The quantitative estimate of drug-likeness (QED) is 0.0338. The van der Waals surface area contributed by atoms with Crippen molar-refractivity contribution in [3.8, 4) is 0 Å². The Hall–Kier alpha value is -2.12. The summed E-state index contributed by atoms with van der Waals surface area (Å²) in [6.45, 7) is 9.32. The summed E-state index contributed by atoms with van der Waals surface area (Å²) < 4.78 is 22.4. The Balaban J connectivity index is 3.59. The van der Waals surface area contributed by atoms with Gasteiger partial charge in [0.15, 0.2) is 0 Å². The molecule has 0 heterocycles. The Bertz CT molecular complexity index is 999. The molecule has 0 saturated heterocycles. The van der Waals surface area contributed by atoms with Crippen LogP contribution in [-0.2, 0) is 38.1 Å². The van der Waals surface area contributed by atoms with Gasteiger partial charge in [-0.05, 0) is 77.0 Å². The van der Waals surface area contributed by atoms with Crippen LogP contribution in [0.3, 0.4) is 0 Å². The molecule has 8 heteroatoms. The lowest BCUT2D eigenvalue weighted by molar-refractivity contribution is -0.150. The smallest absolute Gasteiger partial charge is 0.305 e. The number of carbonyl (C=O) groups is 4. The maximum atomic E-state index is 12.2. The average Bonchev–Trinajstić information content (AvgIpc) is 3.27. The highest BCUT2D eigenvalue weighted by Crippen LogP contribution is 2.20. The van der Waals surface area contributed by atoms with Crippen molar-refractivity contribution >= 4 is 23.9 Å². The first-order valence-electron chi connectivity index (χ1n) is 27.1. The van der Waals surface area contributed by atoms with Crippen molar-refractivity contribution < 1.29 is 38.1 Å². The number of esters is 4. The van der Waals surface area contributed by atoms with Gasteiger partial charge in [-0.15, -0.1) is 0 Å². The third-order valence-corrected chi connectivity index (χ3v) is 12.3. The van der Waals surface area contributed by atoms with Crippen molar-refractivity contribution in [2.45, 2.75) is 310 Å². The molecule has 2 unspecified atom stereocenters. The first kappa shape index (κ1) is 59.9. The Morgan fingerprint density at radius 3 is 0.806 bits per heavy atom. The second kappa shape index (κ2) is 48.3. The molecule has 2 atom stereocenters. The number of ether oxygens (including phenoxy) is 4. The largest absolute Gasteiger partial charge is 0.466 e. The fraction of sp³-hybridized carbons (Fsp3) is 0.926. The molecule has 0 bridgehead atoms. The highest BCUT2D eigenvalue weighted by Gasteiger charge is 2.15. The monoisotopic (exact) mass is 879 g/mol. The van der Waals surface area contributed by atoms with Crippen molar-refractivity contribution in [2.24, 2.45) is 0 Å². The zero-order valence-electron chi connectivity index (χ0n) is 41.5. The third-order valence-electron chi connectivity index (χ3n) is 12.3. The van der Waals surface area contributed by atoms with Gasteiger partial charge in [0.25, 0.3) is 0 Å². The minimum absolute atomic E-state index is 0.0516. The van der Waals surface area contributed by atoms with Crippen LogP contribution in [0.1, 0.15) is 297 Å². The molecule has 0 spiro atoms. The fourth-order valence-electron chi connectivity index (χ4n) is 8.20. The normalized spacial score (nSPS) is 12.3. The van der Waals surface area contributed by atoms with E-state index in [1.807, 2.05) is 13.8 Å². The standard InChI is InChI=1S/C54H102O8/c1-5-9-11-13-19-26-34-42-50(62-52(56)8-4)44-36-28-24-30-38-46-54(58)60-48-40-32-23-18-16-15-17-22-31-39-47-59-53(57)45-37-29-21-20-27-35-43-49(61-51(55)7-3)41-33-25-14-12-10-6-2/h49-50H,5-48H2,1-4H3. The van der Waals surface area contributed by atoms with Crippen LogP contribution < -0.4 is 0 Å². The van der Waals surface area contributed by atoms with E-state index in [1.165, 1.54) is 116 Å². The summed E-state index contributed by atoms with van der Waals surface area (Å²) in [6, 6.07) is 0. The highest BCUT2D eigenvalue weighted by molar-refractivity contribution is 5.70. The van der Waals surface area contributed by atoms with Crippen molar-refractivity contribution in [1.29, 1.82) is 0 Å². The number of hydrogen-bond acceptors (Lipinski definition) is 8. The van der Waals surface area contributed by atoms with Crippen LogP contribution in [0.15, 0.2) is 0 Å². The van der Waals surface area contributed by atoms with E-state index >= 15 is 0 Å². The van der Waals surface area contributed by atoms with Gasteiger partial charge in [0.05, 0.1) is 13.2 Å². The summed E-state index contributed by atoms with van der Waals surface area (Å²) in [5.41, 5.74) is 0. The SMILES string of the molecule is CCCCCCCCCC(CCCCCCCC(=O)OCCCCCCCCCCCCOC(=O)CCCCCCCCC(CCCCCCCC)OC(=O)CC)OC(=O)CC. The minimum atomic E-state index is -0.0778. The molecule has 366 valence electrons. The van der Waals surface area contributed by atoms with E-state index in [0.717, 1.165) is 128 Å². The average molecular weight is 879 g/mol. The van der Waals surface area contributed by atoms with Crippen LogP contribution in [0.5, 0.6) is 0 Å². The maximum Gasteiger partial charge on any atom is 0.305 e. The Morgan fingerprint density at radius 1 is 0.290 bits per heavy atom. The zero-order chi connectivity index (χ0) is 45.4. The van der Waals surface area contributed by atoms with E-state index in [1.54, 1.807) is 0 Å². The molecule has 0 radical (unpaired) electrons. The minimum Gasteiger partial charge on any atom is -0.466 e. The molecule has 0 aliphatic rings. The molecule has 0 N–H and O–H groups in total. The fourth-order valence-corrected chi connectivity index (χ4v) is 8.20. The summed E-state index contributed by atoms with van der Waals surface area (Å²) >= 11 is 0. The van der Waals surface area contributed by atoms with E-state index in [9.17, 15) is 19.2 Å². The van der Waals surface area contributed by atoms with Gasteiger partial charge in [0.1, 0.15) is 12.2 Å². The lowest BCUT2D eigenvalue weighted by Gasteiger charge is -2.17. The molecule has 0 aliphatic heterocycles. The van der Waals surface area contributed by atoms with Gasteiger partial charge in [-0.25, -0.2) is 0 Å². The number of rotatable bonds is 49. The summed E-state index contributed by atoms with van der Waals surface area (Å²) in [4.78, 5) is 48.1. The Kier molecular flexibility index (Phi) is 46.7. The van der Waals surface area contributed by atoms with Crippen LogP contribution in [0.25, 0.3) is 0 Å². The van der Waals surface area contributed by atoms with Crippen LogP contribution in [0.4, 0.5) is 0 Å².